The van der Waals surface area contributed by atoms with E-state index in [1.807, 2.05) is 0 Å². The molecule has 6 heteroatoms. The molecule has 0 amide bonds. The molecule has 0 radical (unpaired) electrons. The van der Waals surface area contributed by atoms with Crippen molar-refractivity contribution in [3.63, 3.8) is 0 Å². The molecule has 2 aromatic rings. The zero-order valence-electron chi connectivity index (χ0n) is 10.1. The third kappa shape index (κ3) is 2.26. The van der Waals surface area contributed by atoms with Crippen LogP contribution in [0.4, 0.5) is 0 Å². The average Bonchev–Trinajstić information content (AvgIpc) is 2.87. The van der Waals surface area contributed by atoms with Gasteiger partial charge in [-0.15, -0.1) is 0 Å². The maximum Gasteiger partial charge on any atom is 0.390 e. The highest BCUT2D eigenvalue weighted by atomic mass is 17.2. The molecule has 0 saturated heterocycles. The van der Waals surface area contributed by atoms with Gasteiger partial charge in [0.25, 0.3) is 0 Å². The van der Waals surface area contributed by atoms with Gasteiger partial charge in [0.2, 0.25) is 0 Å². The monoisotopic (exact) mass is 272 g/mol. The Kier molecular flexibility index (Phi) is 2.96. The van der Waals surface area contributed by atoms with E-state index in [4.69, 9.17) is 9.78 Å². The van der Waals surface area contributed by atoms with Crippen LogP contribution < -0.4 is 9.78 Å². The first-order valence-electron chi connectivity index (χ1n) is 5.71. The molecule has 0 spiro atoms. The van der Waals surface area contributed by atoms with Crippen molar-refractivity contribution in [3.8, 4) is 11.5 Å². The predicted molar refractivity (Wildman–Crippen MR) is 65.0 cm³/mol. The van der Waals surface area contributed by atoms with Gasteiger partial charge < -0.3 is 0 Å². The highest BCUT2D eigenvalue weighted by Crippen LogP contribution is 2.31. The zero-order valence-corrected chi connectivity index (χ0v) is 10.1. The van der Waals surface area contributed by atoms with Gasteiger partial charge in [-0.3, -0.25) is 9.78 Å². The molecule has 1 aliphatic heterocycles. The maximum atomic E-state index is 11.7. The van der Waals surface area contributed by atoms with Gasteiger partial charge in [-0.2, -0.15) is 0 Å². The molecule has 20 heavy (non-hydrogen) atoms. The Labute approximate surface area is 113 Å². The third-order valence-electron chi connectivity index (χ3n) is 2.60. The quantitative estimate of drug-likeness (QED) is 0.617. The molecule has 2 bridgehead atoms. The summed E-state index contributed by atoms with van der Waals surface area (Å²) in [5.41, 5.74) is 0.381. The van der Waals surface area contributed by atoms with E-state index in [-0.39, 0.29) is 16.9 Å². The SMILES string of the molecule is O=C(OOC(=O)c1ccc2cc1OO2)c1ccccc1. The van der Waals surface area contributed by atoms with Crippen LogP contribution in [0.3, 0.4) is 0 Å². The molecule has 1 heterocycles. The first kappa shape index (κ1) is 12.0. The van der Waals surface area contributed by atoms with Crippen molar-refractivity contribution in [2.75, 3.05) is 0 Å². The summed E-state index contributed by atoms with van der Waals surface area (Å²) in [6.45, 7) is 0. The lowest BCUT2D eigenvalue weighted by molar-refractivity contribution is -0.188. The lowest BCUT2D eigenvalue weighted by Crippen LogP contribution is -2.12. The van der Waals surface area contributed by atoms with E-state index in [1.54, 1.807) is 30.3 Å². The minimum atomic E-state index is -0.846. The summed E-state index contributed by atoms with van der Waals surface area (Å²) in [6.07, 6.45) is 0. The number of hydrogen-bond acceptors (Lipinski definition) is 6. The van der Waals surface area contributed by atoms with Gasteiger partial charge in [0.15, 0.2) is 11.5 Å². The van der Waals surface area contributed by atoms with Gasteiger partial charge in [-0.1, -0.05) is 18.2 Å². The van der Waals surface area contributed by atoms with Crippen LogP contribution in [0.5, 0.6) is 11.5 Å². The lowest BCUT2D eigenvalue weighted by Gasteiger charge is -2.03. The maximum absolute atomic E-state index is 11.7. The summed E-state index contributed by atoms with van der Waals surface area (Å²) in [5, 5.41) is 0. The lowest BCUT2D eigenvalue weighted by atomic mass is 10.2. The predicted octanol–water partition coefficient (Wildman–Crippen LogP) is 2.30. The normalized spacial score (nSPS) is 11.2. The summed E-state index contributed by atoms with van der Waals surface area (Å²) in [7, 11) is 0. The van der Waals surface area contributed by atoms with Crippen LogP contribution in [0.2, 0.25) is 0 Å². The van der Waals surface area contributed by atoms with E-state index in [2.05, 4.69) is 9.78 Å². The molecule has 100 valence electrons. The van der Waals surface area contributed by atoms with Crippen molar-refractivity contribution < 1.29 is 29.1 Å². The smallest absolute Gasteiger partial charge is 0.290 e. The number of carbonyl (C=O) groups is 2. The van der Waals surface area contributed by atoms with Crippen molar-refractivity contribution in [3.05, 3.63) is 59.7 Å². The van der Waals surface area contributed by atoms with Crippen molar-refractivity contribution in [1.82, 2.24) is 0 Å². The molecule has 0 N–H and O–H groups in total. The second-order valence-corrected chi connectivity index (χ2v) is 3.93. The van der Waals surface area contributed by atoms with E-state index in [9.17, 15) is 9.59 Å². The number of fused-ring (bicyclic) bond motifs is 2. The summed E-state index contributed by atoms with van der Waals surface area (Å²) in [5.74, 6) is -0.911. The van der Waals surface area contributed by atoms with Crippen molar-refractivity contribution in [2.24, 2.45) is 0 Å². The number of carbonyl (C=O) groups excluding carboxylic acids is 2. The fourth-order valence-corrected chi connectivity index (χ4v) is 1.63. The fourth-order valence-electron chi connectivity index (χ4n) is 1.63. The first-order valence-corrected chi connectivity index (χ1v) is 5.71. The molecule has 0 atom stereocenters. The van der Waals surface area contributed by atoms with Crippen LogP contribution >= 0.6 is 0 Å². The second kappa shape index (κ2) is 4.93. The molecular weight excluding hydrogens is 264 g/mol. The van der Waals surface area contributed by atoms with Crippen LogP contribution in [0.15, 0.2) is 48.5 Å². The Morgan fingerprint density at radius 3 is 2.40 bits per heavy atom. The summed E-state index contributed by atoms with van der Waals surface area (Å²) in [6, 6.07) is 12.7. The van der Waals surface area contributed by atoms with Crippen LogP contribution in [-0.4, -0.2) is 11.9 Å². The van der Waals surface area contributed by atoms with Gasteiger partial charge in [-0.05, 0) is 24.3 Å². The molecule has 0 fully saturated rings. The number of benzene rings is 2. The molecule has 0 aromatic heterocycles. The zero-order chi connectivity index (χ0) is 13.9. The Morgan fingerprint density at radius 1 is 0.850 bits per heavy atom. The van der Waals surface area contributed by atoms with Crippen molar-refractivity contribution in [2.45, 2.75) is 0 Å². The average molecular weight is 272 g/mol. The van der Waals surface area contributed by atoms with Crippen molar-refractivity contribution in [1.29, 1.82) is 0 Å². The first-order chi connectivity index (χ1) is 9.74. The van der Waals surface area contributed by atoms with E-state index >= 15 is 0 Å². The summed E-state index contributed by atoms with van der Waals surface area (Å²) in [4.78, 5) is 41.8. The van der Waals surface area contributed by atoms with Gasteiger partial charge in [0.05, 0.1) is 5.56 Å². The summed E-state index contributed by atoms with van der Waals surface area (Å²) < 4.78 is 0. The van der Waals surface area contributed by atoms with Crippen LogP contribution in [0.1, 0.15) is 20.7 Å². The van der Waals surface area contributed by atoms with E-state index < -0.39 is 11.9 Å². The highest BCUT2D eigenvalue weighted by molar-refractivity contribution is 5.94. The van der Waals surface area contributed by atoms with Gasteiger partial charge in [0.1, 0.15) is 5.56 Å². The Hall–Kier alpha value is -3.02. The summed E-state index contributed by atoms with van der Waals surface area (Å²) >= 11 is 0. The van der Waals surface area contributed by atoms with Gasteiger partial charge in [0, 0.05) is 6.07 Å². The standard InChI is InChI=1S/C14H8O6/c15-13(9-4-2-1-3-5-9)19-20-14(16)11-7-6-10-8-12(11)18-17-10/h1-8H. The van der Waals surface area contributed by atoms with E-state index in [1.165, 1.54) is 18.2 Å². The Bertz CT molecular complexity index is 665. The Balaban J connectivity index is 1.65. The van der Waals surface area contributed by atoms with Gasteiger partial charge >= 0.3 is 11.9 Å². The molecule has 3 rings (SSSR count). The molecule has 0 saturated carbocycles. The minimum absolute atomic E-state index is 0.104. The molecule has 2 aromatic carbocycles. The van der Waals surface area contributed by atoms with E-state index in [0.717, 1.165) is 0 Å². The topological polar surface area (TPSA) is 71.1 Å². The van der Waals surface area contributed by atoms with Crippen LogP contribution in [-0.2, 0) is 9.78 Å². The molecular formula is C14H8O6. The van der Waals surface area contributed by atoms with Crippen LogP contribution in [0, 0.1) is 0 Å². The number of rotatable bonds is 2. The molecule has 0 unspecified atom stereocenters. The van der Waals surface area contributed by atoms with Crippen molar-refractivity contribution >= 4 is 11.9 Å². The Morgan fingerprint density at radius 2 is 1.60 bits per heavy atom. The second-order valence-electron chi connectivity index (χ2n) is 3.93. The largest absolute Gasteiger partial charge is 0.390 e. The number of hydrogen-bond donors (Lipinski definition) is 0. The molecule has 1 aliphatic rings. The fraction of sp³-hybridized carbons (Fsp3) is 0. The van der Waals surface area contributed by atoms with Crippen LogP contribution in [0.25, 0.3) is 0 Å². The molecule has 6 nitrogen and oxygen atoms in total. The highest BCUT2D eigenvalue weighted by Gasteiger charge is 2.23. The molecule has 0 aliphatic carbocycles. The minimum Gasteiger partial charge on any atom is -0.290 e. The third-order valence-corrected chi connectivity index (χ3v) is 2.60. The van der Waals surface area contributed by atoms with Gasteiger partial charge in [-0.25, -0.2) is 19.4 Å². The van der Waals surface area contributed by atoms with E-state index in [0.29, 0.717) is 5.75 Å².